The van der Waals surface area contributed by atoms with Gasteiger partial charge in [0.1, 0.15) is 5.75 Å². The molecule has 1 aliphatic rings. The molecule has 1 amide bonds. The molecule has 0 heterocycles. The van der Waals surface area contributed by atoms with Crippen LogP contribution in [0.1, 0.15) is 64.5 Å². The number of rotatable bonds is 6. The molecule has 136 valence electrons. The van der Waals surface area contributed by atoms with Gasteiger partial charge in [-0.25, -0.2) is 0 Å². The SMILES string of the molecule is CCCOc1ccc(C(C)NC(=O)C2CCCCC2(C)N)cc1.Cl. The smallest absolute Gasteiger partial charge is 0.225 e. The normalized spacial score (nSPS) is 24.6. The van der Waals surface area contributed by atoms with Crippen molar-refractivity contribution in [3.63, 3.8) is 0 Å². The van der Waals surface area contributed by atoms with Gasteiger partial charge in [0.2, 0.25) is 5.91 Å². The number of benzene rings is 1. The van der Waals surface area contributed by atoms with Crippen molar-refractivity contribution in [2.75, 3.05) is 6.61 Å². The maximum absolute atomic E-state index is 12.6. The topological polar surface area (TPSA) is 64.3 Å². The van der Waals surface area contributed by atoms with E-state index in [9.17, 15) is 4.79 Å². The van der Waals surface area contributed by atoms with Gasteiger partial charge in [0.25, 0.3) is 0 Å². The summed E-state index contributed by atoms with van der Waals surface area (Å²) in [7, 11) is 0. The van der Waals surface area contributed by atoms with Crippen molar-refractivity contribution in [3.8, 4) is 5.75 Å². The number of hydrogen-bond acceptors (Lipinski definition) is 3. The molecule has 0 bridgehead atoms. The molecule has 1 saturated carbocycles. The molecule has 1 fully saturated rings. The van der Waals surface area contributed by atoms with Crippen LogP contribution >= 0.6 is 12.4 Å². The number of hydrogen-bond donors (Lipinski definition) is 2. The summed E-state index contributed by atoms with van der Waals surface area (Å²) in [5, 5.41) is 3.12. The van der Waals surface area contributed by atoms with Crippen molar-refractivity contribution >= 4 is 18.3 Å². The van der Waals surface area contributed by atoms with Gasteiger partial charge in [-0.3, -0.25) is 4.79 Å². The largest absolute Gasteiger partial charge is 0.494 e. The maximum Gasteiger partial charge on any atom is 0.225 e. The second-order valence-electron chi connectivity index (χ2n) is 6.95. The van der Waals surface area contributed by atoms with Crippen LogP contribution in [0.15, 0.2) is 24.3 Å². The van der Waals surface area contributed by atoms with E-state index in [1.165, 1.54) is 0 Å². The van der Waals surface area contributed by atoms with Gasteiger partial charge in [-0.15, -0.1) is 12.4 Å². The first-order chi connectivity index (χ1) is 10.9. The highest BCUT2D eigenvalue weighted by Crippen LogP contribution is 2.32. The molecule has 0 aliphatic heterocycles. The summed E-state index contributed by atoms with van der Waals surface area (Å²) in [5.41, 5.74) is 7.02. The third-order valence-corrected chi connectivity index (χ3v) is 4.78. The monoisotopic (exact) mass is 354 g/mol. The van der Waals surface area contributed by atoms with Crippen LogP contribution in [0.4, 0.5) is 0 Å². The van der Waals surface area contributed by atoms with Crippen LogP contribution in [0, 0.1) is 5.92 Å². The van der Waals surface area contributed by atoms with Crippen LogP contribution in [0.5, 0.6) is 5.75 Å². The van der Waals surface area contributed by atoms with Gasteiger partial charge in [0.05, 0.1) is 18.6 Å². The van der Waals surface area contributed by atoms with Crippen molar-refractivity contribution in [2.24, 2.45) is 11.7 Å². The van der Waals surface area contributed by atoms with E-state index in [4.69, 9.17) is 10.5 Å². The lowest BCUT2D eigenvalue weighted by Crippen LogP contribution is -2.53. The number of carbonyl (C=O) groups excluding carboxylic acids is 1. The number of nitrogens with one attached hydrogen (secondary N) is 1. The minimum atomic E-state index is -0.389. The zero-order chi connectivity index (χ0) is 16.9. The molecule has 3 N–H and O–H groups in total. The van der Waals surface area contributed by atoms with Crippen LogP contribution in [-0.4, -0.2) is 18.1 Å². The molecule has 1 aromatic rings. The summed E-state index contributed by atoms with van der Waals surface area (Å²) in [5.74, 6) is 0.857. The van der Waals surface area contributed by atoms with Crippen LogP contribution < -0.4 is 15.8 Å². The molecule has 2 rings (SSSR count). The summed E-state index contributed by atoms with van der Waals surface area (Å²) in [6.45, 7) is 6.82. The quantitative estimate of drug-likeness (QED) is 0.812. The first-order valence-corrected chi connectivity index (χ1v) is 8.76. The molecular formula is C19H31ClN2O2. The molecule has 0 aromatic heterocycles. The zero-order valence-corrected chi connectivity index (χ0v) is 15.8. The molecule has 4 nitrogen and oxygen atoms in total. The summed E-state index contributed by atoms with van der Waals surface area (Å²) >= 11 is 0. The minimum Gasteiger partial charge on any atom is -0.494 e. The Balaban J connectivity index is 0.00000288. The van der Waals surface area contributed by atoms with Crippen LogP contribution in [0.25, 0.3) is 0 Å². The summed E-state index contributed by atoms with van der Waals surface area (Å²) in [6.07, 6.45) is 5.00. The number of amides is 1. The molecule has 1 aromatic carbocycles. The first-order valence-electron chi connectivity index (χ1n) is 8.76. The molecule has 5 heteroatoms. The minimum absolute atomic E-state index is 0. The van der Waals surface area contributed by atoms with E-state index in [0.717, 1.165) is 50.0 Å². The molecule has 1 aliphatic carbocycles. The van der Waals surface area contributed by atoms with Crippen LogP contribution in [0.3, 0.4) is 0 Å². The van der Waals surface area contributed by atoms with E-state index in [0.29, 0.717) is 0 Å². The molecule has 0 saturated heterocycles. The Morgan fingerprint density at radius 1 is 1.38 bits per heavy atom. The first kappa shape index (κ1) is 20.8. The highest BCUT2D eigenvalue weighted by molar-refractivity contribution is 5.85. The van der Waals surface area contributed by atoms with E-state index in [-0.39, 0.29) is 35.8 Å². The van der Waals surface area contributed by atoms with Gasteiger partial charge in [0, 0.05) is 5.54 Å². The fraction of sp³-hybridized carbons (Fsp3) is 0.632. The van der Waals surface area contributed by atoms with Gasteiger partial charge < -0.3 is 15.8 Å². The predicted octanol–water partition coefficient (Wildman–Crippen LogP) is 3.98. The molecule has 0 spiro atoms. The lowest BCUT2D eigenvalue weighted by Gasteiger charge is -2.37. The highest BCUT2D eigenvalue weighted by Gasteiger charge is 2.38. The third-order valence-electron chi connectivity index (χ3n) is 4.78. The van der Waals surface area contributed by atoms with E-state index in [2.05, 4.69) is 12.2 Å². The summed E-state index contributed by atoms with van der Waals surface area (Å²) < 4.78 is 5.59. The highest BCUT2D eigenvalue weighted by atomic mass is 35.5. The number of nitrogens with two attached hydrogens (primary N) is 1. The molecule has 3 atom stereocenters. The van der Waals surface area contributed by atoms with E-state index in [1.807, 2.05) is 38.1 Å². The van der Waals surface area contributed by atoms with Crippen LogP contribution in [0.2, 0.25) is 0 Å². The number of halogens is 1. The van der Waals surface area contributed by atoms with Crippen molar-refractivity contribution in [2.45, 2.75) is 64.5 Å². The standard InChI is InChI=1S/C19H30N2O2.ClH/c1-4-13-23-16-10-8-15(9-11-16)14(2)21-18(22)17-7-5-6-12-19(17,3)20;/h8-11,14,17H,4-7,12-13,20H2,1-3H3,(H,21,22);1H. The Morgan fingerprint density at radius 3 is 2.62 bits per heavy atom. The average Bonchev–Trinajstić information content (AvgIpc) is 2.52. The van der Waals surface area contributed by atoms with Gasteiger partial charge >= 0.3 is 0 Å². The van der Waals surface area contributed by atoms with E-state index < -0.39 is 0 Å². The Labute approximate surface area is 151 Å². The van der Waals surface area contributed by atoms with Crippen molar-refractivity contribution in [3.05, 3.63) is 29.8 Å². The van der Waals surface area contributed by atoms with Crippen molar-refractivity contribution in [1.82, 2.24) is 5.32 Å². The van der Waals surface area contributed by atoms with E-state index in [1.54, 1.807) is 0 Å². The molecule has 24 heavy (non-hydrogen) atoms. The number of ether oxygens (including phenoxy) is 1. The third kappa shape index (κ3) is 5.38. The molecule has 0 radical (unpaired) electrons. The second-order valence-corrected chi connectivity index (χ2v) is 6.95. The summed E-state index contributed by atoms with van der Waals surface area (Å²) in [6, 6.07) is 7.92. The lowest BCUT2D eigenvalue weighted by molar-refractivity contribution is -0.128. The number of carbonyl (C=O) groups is 1. The average molecular weight is 355 g/mol. The van der Waals surface area contributed by atoms with Crippen molar-refractivity contribution < 1.29 is 9.53 Å². The van der Waals surface area contributed by atoms with Gasteiger partial charge in [-0.05, 0) is 50.8 Å². The van der Waals surface area contributed by atoms with Gasteiger partial charge in [0.15, 0.2) is 0 Å². The van der Waals surface area contributed by atoms with Gasteiger partial charge in [-0.2, -0.15) is 0 Å². The van der Waals surface area contributed by atoms with Gasteiger partial charge in [-0.1, -0.05) is 31.9 Å². The fourth-order valence-corrected chi connectivity index (χ4v) is 3.26. The molecule has 3 unspecified atom stereocenters. The Hall–Kier alpha value is -1.26. The summed E-state index contributed by atoms with van der Waals surface area (Å²) in [4.78, 5) is 12.6. The lowest BCUT2D eigenvalue weighted by atomic mass is 9.74. The Bertz CT molecular complexity index is 517. The molecular weight excluding hydrogens is 324 g/mol. The second kappa shape index (κ2) is 9.28. The maximum atomic E-state index is 12.6. The fourth-order valence-electron chi connectivity index (χ4n) is 3.26. The van der Waals surface area contributed by atoms with Crippen molar-refractivity contribution in [1.29, 1.82) is 0 Å². The predicted molar refractivity (Wildman–Crippen MR) is 101 cm³/mol. The Kier molecular flexibility index (Phi) is 8.04. The zero-order valence-electron chi connectivity index (χ0n) is 15.0. The van der Waals surface area contributed by atoms with Crippen LogP contribution in [-0.2, 0) is 4.79 Å². The Morgan fingerprint density at radius 2 is 2.04 bits per heavy atom. The van der Waals surface area contributed by atoms with E-state index >= 15 is 0 Å².